The molecule has 90 valence electrons. The molecule has 1 aromatic heterocycles. The quantitative estimate of drug-likeness (QED) is 0.789. The number of halogens is 3. The molecule has 0 aliphatic rings. The molecule has 9 heteroatoms. The standard InChI is InChI=1S/C8H5F3N4O2/c9-8(10,11)17-7-3(6(14)16)1-4(13)5(2-12)15-7/h1H,13H2,(H2,14,16). The first-order chi connectivity index (χ1) is 7.74. The Bertz CT molecular complexity index is 507. The number of carbonyl (C=O) groups is 1. The fraction of sp³-hybridized carbons (Fsp3) is 0.125. The summed E-state index contributed by atoms with van der Waals surface area (Å²) < 4.78 is 39.5. The number of aromatic nitrogens is 1. The summed E-state index contributed by atoms with van der Waals surface area (Å²) in [5, 5.41) is 8.53. The molecule has 0 radical (unpaired) electrons. The van der Waals surface area contributed by atoms with Crippen LogP contribution in [0.2, 0.25) is 0 Å². The molecule has 0 aromatic carbocycles. The molecule has 0 aliphatic heterocycles. The third-order valence-electron chi connectivity index (χ3n) is 1.60. The lowest BCUT2D eigenvalue weighted by molar-refractivity contribution is -0.276. The SMILES string of the molecule is N#Cc1nc(OC(F)(F)F)c(C(N)=O)cc1N. The Kier molecular flexibility index (Phi) is 3.08. The average Bonchev–Trinajstić information content (AvgIpc) is 2.17. The Hall–Kier alpha value is -2.50. The molecule has 17 heavy (non-hydrogen) atoms. The highest BCUT2D eigenvalue weighted by molar-refractivity contribution is 5.96. The highest BCUT2D eigenvalue weighted by Crippen LogP contribution is 2.26. The topological polar surface area (TPSA) is 115 Å². The van der Waals surface area contributed by atoms with Gasteiger partial charge in [-0.1, -0.05) is 0 Å². The summed E-state index contributed by atoms with van der Waals surface area (Å²) in [5.74, 6) is -2.30. The van der Waals surface area contributed by atoms with Gasteiger partial charge in [-0.05, 0) is 6.07 Å². The smallest absolute Gasteiger partial charge is 0.396 e. The lowest BCUT2D eigenvalue weighted by atomic mass is 10.2. The first-order valence-corrected chi connectivity index (χ1v) is 4.00. The number of nitrogens with zero attached hydrogens (tertiary/aromatic N) is 2. The van der Waals surface area contributed by atoms with Gasteiger partial charge in [-0.2, -0.15) is 10.2 Å². The first-order valence-electron chi connectivity index (χ1n) is 4.00. The normalized spacial score (nSPS) is 10.7. The molecule has 6 nitrogen and oxygen atoms in total. The van der Waals surface area contributed by atoms with Crippen molar-refractivity contribution in [2.45, 2.75) is 6.36 Å². The van der Waals surface area contributed by atoms with Crippen molar-refractivity contribution in [1.29, 1.82) is 5.26 Å². The molecular weight excluding hydrogens is 241 g/mol. The van der Waals surface area contributed by atoms with Gasteiger partial charge in [-0.3, -0.25) is 4.79 Å². The van der Waals surface area contributed by atoms with Crippen molar-refractivity contribution in [3.8, 4) is 11.9 Å². The third-order valence-corrected chi connectivity index (χ3v) is 1.60. The zero-order valence-electron chi connectivity index (χ0n) is 8.08. The Balaban J connectivity index is 3.35. The van der Waals surface area contributed by atoms with Crippen LogP contribution in [0, 0.1) is 11.3 Å². The maximum absolute atomic E-state index is 12.0. The van der Waals surface area contributed by atoms with Gasteiger partial charge >= 0.3 is 6.36 Å². The monoisotopic (exact) mass is 246 g/mol. The van der Waals surface area contributed by atoms with E-state index in [-0.39, 0.29) is 5.69 Å². The zero-order chi connectivity index (χ0) is 13.2. The Morgan fingerprint density at radius 2 is 2.12 bits per heavy atom. The predicted molar refractivity (Wildman–Crippen MR) is 48.6 cm³/mol. The van der Waals surface area contributed by atoms with Crippen molar-refractivity contribution in [2.75, 3.05) is 5.73 Å². The number of hydrogen-bond donors (Lipinski definition) is 2. The van der Waals surface area contributed by atoms with Crippen LogP contribution in [-0.4, -0.2) is 17.3 Å². The maximum Gasteiger partial charge on any atom is 0.574 e. The number of nitrogen functional groups attached to an aromatic ring is 1. The summed E-state index contributed by atoms with van der Waals surface area (Å²) in [4.78, 5) is 14.0. The number of nitriles is 1. The van der Waals surface area contributed by atoms with Gasteiger partial charge in [-0.15, -0.1) is 13.2 Å². The first kappa shape index (κ1) is 12.6. The summed E-state index contributed by atoms with van der Waals surface area (Å²) in [6.45, 7) is 0. The van der Waals surface area contributed by atoms with Crippen LogP contribution in [-0.2, 0) is 0 Å². The summed E-state index contributed by atoms with van der Waals surface area (Å²) in [6.07, 6.45) is -5.06. The van der Waals surface area contributed by atoms with E-state index >= 15 is 0 Å². The average molecular weight is 246 g/mol. The Labute approximate surface area is 92.6 Å². The van der Waals surface area contributed by atoms with Gasteiger partial charge in [0, 0.05) is 0 Å². The van der Waals surface area contributed by atoms with Crippen LogP contribution in [0.25, 0.3) is 0 Å². The molecule has 0 saturated heterocycles. The van der Waals surface area contributed by atoms with E-state index < -0.39 is 29.4 Å². The second-order valence-corrected chi connectivity index (χ2v) is 2.80. The number of alkyl halides is 3. The van der Waals surface area contributed by atoms with E-state index in [1.54, 1.807) is 0 Å². The molecular formula is C8H5F3N4O2. The van der Waals surface area contributed by atoms with Crippen molar-refractivity contribution in [3.63, 3.8) is 0 Å². The molecule has 0 aliphatic carbocycles. The van der Waals surface area contributed by atoms with E-state index in [2.05, 4.69) is 9.72 Å². The van der Waals surface area contributed by atoms with E-state index in [1.807, 2.05) is 0 Å². The van der Waals surface area contributed by atoms with Gasteiger partial charge in [0.1, 0.15) is 11.6 Å². The predicted octanol–water partition coefficient (Wildman–Crippen LogP) is 0.533. The van der Waals surface area contributed by atoms with Crippen LogP contribution in [0.3, 0.4) is 0 Å². The van der Waals surface area contributed by atoms with Crippen molar-refractivity contribution in [2.24, 2.45) is 5.73 Å². The highest BCUT2D eigenvalue weighted by Gasteiger charge is 2.34. The van der Waals surface area contributed by atoms with Crippen LogP contribution >= 0.6 is 0 Å². The lowest BCUT2D eigenvalue weighted by Crippen LogP contribution is -2.22. The molecule has 0 saturated carbocycles. The fourth-order valence-electron chi connectivity index (χ4n) is 0.965. The van der Waals surface area contributed by atoms with Crippen LogP contribution in [0.1, 0.15) is 16.1 Å². The lowest BCUT2D eigenvalue weighted by Gasteiger charge is -2.11. The number of primary amides is 1. The van der Waals surface area contributed by atoms with Crippen LogP contribution < -0.4 is 16.2 Å². The number of pyridine rings is 1. The molecule has 0 bridgehead atoms. The number of nitrogens with two attached hydrogens (primary N) is 2. The van der Waals surface area contributed by atoms with Crippen molar-refractivity contribution >= 4 is 11.6 Å². The van der Waals surface area contributed by atoms with Crippen molar-refractivity contribution in [3.05, 3.63) is 17.3 Å². The van der Waals surface area contributed by atoms with E-state index in [1.165, 1.54) is 6.07 Å². The summed E-state index contributed by atoms with van der Waals surface area (Å²) in [7, 11) is 0. The molecule has 4 N–H and O–H groups in total. The zero-order valence-corrected chi connectivity index (χ0v) is 8.08. The minimum atomic E-state index is -5.06. The fourth-order valence-corrected chi connectivity index (χ4v) is 0.965. The van der Waals surface area contributed by atoms with Gasteiger partial charge in [-0.25, -0.2) is 0 Å². The third kappa shape index (κ3) is 2.97. The van der Waals surface area contributed by atoms with Crippen LogP contribution in [0.5, 0.6) is 5.88 Å². The van der Waals surface area contributed by atoms with Gasteiger partial charge in [0.15, 0.2) is 5.69 Å². The van der Waals surface area contributed by atoms with Gasteiger partial charge in [0.05, 0.1) is 5.69 Å². The van der Waals surface area contributed by atoms with E-state index in [0.29, 0.717) is 0 Å². The summed E-state index contributed by atoms with van der Waals surface area (Å²) in [5.41, 5.74) is 8.69. The number of ether oxygens (including phenoxy) is 1. The second-order valence-electron chi connectivity index (χ2n) is 2.80. The largest absolute Gasteiger partial charge is 0.574 e. The maximum atomic E-state index is 12.0. The van der Waals surface area contributed by atoms with E-state index in [0.717, 1.165) is 6.07 Å². The molecule has 1 aromatic rings. The van der Waals surface area contributed by atoms with Gasteiger partial charge in [0.2, 0.25) is 5.88 Å². The number of amides is 1. The minimum Gasteiger partial charge on any atom is -0.396 e. The van der Waals surface area contributed by atoms with Crippen LogP contribution in [0.4, 0.5) is 18.9 Å². The number of rotatable bonds is 2. The highest BCUT2D eigenvalue weighted by atomic mass is 19.4. The van der Waals surface area contributed by atoms with Gasteiger partial charge < -0.3 is 16.2 Å². The molecule has 1 rings (SSSR count). The molecule has 0 unspecified atom stereocenters. The molecule has 1 heterocycles. The number of carbonyl (C=O) groups excluding carboxylic acids is 1. The van der Waals surface area contributed by atoms with Crippen molar-refractivity contribution in [1.82, 2.24) is 4.98 Å². The Morgan fingerprint density at radius 3 is 2.53 bits per heavy atom. The molecule has 0 spiro atoms. The minimum absolute atomic E-state index is 0.268. The van der Waals surface area contributed by atoms with E-state index in [4.69, 9.17) is 16.7 Å². The summed E-state index contributed by atoms with van der Waals surface area (Å²) in [6, 6.07) is 2.25. The summed E-state index contributed by atoms with van der Waals surface area (Å²) >= 11 is 0. The second kappa shape index (κ2) is 4.17. The van der Waals surface area contributed by atoms with Crippen molar-refractivity contribution < 1.29 is 22.7 Å². The van der Waals surface area contributed by atoms with Gasteiger partial charge in [0.25, 0.3) is 5.91 Å². The number of hydrogen-bond acceptors (Lipinski definition) is 5. The number of anilines is 1. The molecule has 0 atom stereocenters. The Morgan fingerprint density at radius 1 is 1.53 bits per heavy atom. The molecule has 1 amide bonds. The molecule has 0 fully saturated rings. The van der Waals surface area contributed by atoms with E-state index in [9.17, 15) is 18.0 Å². The van der Waals surface area contributed by atoms with Crippen LogP contribution in [0.15, 0.2) is 6.07 Å².